The molecule has 0 radical (unpaired) electrons. The molecule has 4 rings (SSSR count). The standard InChI is InChI=1S/C18H16N6/c1-12-13(2)24(15-5-9-20-10-6-15)18-16(12)17(21-11-22-18)23-14-3-7-19-8-4-14/h3-11H,1-2H3,(H,19,21,22,23). The van der Waals surface area contributed by atoms with Crippen LogP contribution in [0, 0.1) is 13.8 Å². The Morgan fingerprint density at radius 2 is 1.54 bits per heavy atom. The Labute approximate surface area is 139 Å². The van der Waals surface area contributed by atoms with Gasteiger partial charge in [-0.15, -0.1) is 0 Å². The molecule has 0 aliphatic rings. The van der Waals surface area contributed by atoms with Crippen molar-refractivity contribution in [1.82, 2.24) is 24.5 Å². The third-order valence-corrected chi connectivity index (χ3v) is 4.16. The van der Waals surface area contributed by atoms with Crippen molar-refractivity contribution in [3.63, 3.8) is 0 Å². The van der Waals surface area contributed by atoms with E-state index in [-0.39, 0.29) is 0 Å². The Hall–Kier alpha value is -3.28. The van der Waals surface area contributed by atoms with Crippen LogP contribution in [-0.4, -0.2) is 24.5 Å². The first-order chi connectivity index (χ1) is 11.8. The molecule has 0 saturated heterocycles. The van der Waals surface area contributed by atoms with Gasteiger partial charge in [-0.05, 0) is 43.7 Å². The minimum absolute atomic E-state index is 0.791. The minimum atomic E-state index is 0.791. The highest BCUT2D eigenvalue weighted by molar-refractivity contribution is 5.94. The van der Waals surface area contributed by atoms with Crippen LogP contribution in [0.5, 0.6) is 0 Å². The van der Waals surface area contributed by atoms with Crippen molar-refractivity contribution in [2.45, 2.75) is 13.8 Å². The molecule has 0 aromatic carbocycles. The number of anilines is 2. The molecule has 0 saturated carbocycles. The lowest BCUT2D eigenvalue weighted by Gasteiger charge is -2.08. The van der Waals surface area contributed by atoms with Gasteiger partial charge in [0, 0.05) is 36.2 Å². The summed E-state index contributed by atoms with van der Waals surface area (Å²) in [5.41, 5.74) is 5.14. The Morgan fingerprint density at radius 1 is 0.875 bits per heavy atom. The van der Waals surface area contributed by atoms with Crippen molar-refractivity contribution in [2.75, 3.05) is 5.32 Å². The number of pyridine rings is 2. The summed E-state index contributed by atoms with van der Waals surface area (Å²) in [7, 11) is 0. The highest BCUT2D eigenvalue weighted by Gasteiger charge is 2.17. The van der Waals surface area contributed by atoms with E-state index in [1.165, 1.54) is 0 Å². The maximum absolute atomic E-state index is 4.52. The number of hydrogen-bond acceptors (Lipinski definition) is 5. The molecule has 0 atom stereocenters. The molecule has 6 nitrogen and oxygen atoms in total. The van der Waals surface area contributed by atoms with E-state index >= 15 is 0 Å². The van der Waals surface area contributed by atoms with Gasteiger partial charge in [0.25, 0.3) is 0 Å². The van der Waals surface area contributed by atoms with Gasteiger partial charge in [-0.25, -0.2) is 9.97 Å². The van der Waals surface area contributed by atoms with Crippen LogP contribution >= 0.6 is 0 Å². The van der Waals surface area contributed by atoms with E-state index < -0.39 is 0 Å². The molecule has 4 aromatic rings. The molecule has 0 bridgehead atoms. The van der Waals surface area contributed by atoms with Crippen molar-refractivity contribution in [2.24, 2.45) is 0 Å². The second-order valence-corrected chi connectivity index (χ2v) is 5.53. The van der Waals surface area contributed by atoms with E-state index in [0.29, 0.717) is 0 Å². The Kier molecular flexibility index (Phi) is 3.42. The summed E-state index contributed by atoms with van der Waals surface area (Å²) < 4.78 is 2.13. The summed E-state index contributed by atoms with van der Waals surface area (Å²) in [4.78, 5) is 17.1. The molecule has 0 unspecified atom stereocenters. The monoisotopic (exact) mass is 316 g/mol. The summed E-state index contributed by atoms with van der Waals surface area (Å²) in [6, 6.07) is 7.78. The first-order valence-corrected chi connectivity index (χ1v) is 7.66. The van der Waals surface area contributed by atoms with Crippen LogP contribution in [-0.2, 0) is 0 Å². The molecule has 0 aliphatic heterocycles. The fourth-order valence-corrected chi connectivity index (χ4v) is 2.87. The lowest BCUT2D eigenvalue weighted by atomic mass is 10.2. The van der Waals surface area contributed by atoms with Gasteiger partial charge in [0.2, 0.25) is 0 Å². The van der Waals surface area contributed by atoms with Gasteiger partial charge in [-0.2, -0.15) is 0 Å². The first kappa shape index (κ1) is 14.3. The van der Waals surface area contributed by atoms with Crippen molar-refractivity contribution < 1.29 is 0 Å². The zero-order valence-electron chi connectivity index (χ0n) is 13.4. The molecule has 118 valence electrons. The van der Waals surface area contributed by atoms with Crippen molar-refractivity contribution in [1.29, 1.82) is 0 Å². The Bertz CT molecular complexity index is 992. The zero-order valence-corrected chi connectivity index (χ0v) is 13.4. The molecule has 4 aromatic heterocycles. The van der Waals surface area contributed by atoms with Gasteiger partial charge >= 0.3 is 0 Å². The molecule has 4 heterocycles. The van der Waals surface area contributed by atoms with Crippen LogP contribution in [0.2, 0.25) is 0 Å². The molecule has 1 N–H and O–H groups in total. The number of aromatic nitrogens is 5. The molecule has 6 heteroatoms. The van der Waals surface area contributed by atoms with E-state index in [1.807, 2.05) is 24.3 Å². The fraction of sp³-hybridized carbons (Fsp3) is 0.111. The smallest absolute Gasteiger partial charge is 0.150 e. The summed E-state index contributed by atoms with van der Waals surface area (Å²) in [6.45, 7) is 4.18. The van der Waals surface area contributed by atoms with E-state index in [1.54, 1.807) is 31.1 Å². The number of aryl methyl sites for hydroxylation is 1. The highest BCUT2D eigenvalue weighted by Crippen LogP contribution is 2.32. The number of nitrogens with one attached hydrogen (secondary N) is 1. The van der Waals surface area contributed by atoms with Crippen LogP contribution < -0.4 is 5.32 Å². The van der Waals surface area contributed by atoms with Crippen LogP contribution in [0.1, 0.15) is 11.3 Å². The molecule has 24 heavy (non-hydrogen) atoms. The molecule has 0 aliphatic carbocycles. The quantitative estimate of drug-likeness (QED) is 0.626. The zero-order chi connectivity index (χ0) is 16.5. The lowest BCUT2D eigenvalue weighted by molar-refractivity contribution is 1.01. The predicted molar refractivity (Wildman–Crippen MR) is 93.7 cm³/mol. The Balaban J connectivity index is 1.93. The van der Waals surface area contributed by atoms with Crippen LogP contribution in [0.4, 0.5) is 11.5 Å². The predicted octanol–water partition coefficient (Wildman–Crippen LogP) is 3.57. The summed E-state index contributed by atoms with van der Waals surface area (Å²) >= 11 is 0. The average molecular weight is 316 g/mol. The summed E-state index contributed by atoms with van der Waals surface area (Å²) in [6.07, 6.45) is 8.66. The minimum Gasteiger partial charge on any atom is -0.339 e. The van der Waals surface area contributed by atoms with Crippen molar-refractivity contribution >= 4 is 22.5 Å². The van der Waals surface area contributed by atoms with Gasteiger partial charge in [0.05, 0.1) is 11.1 Å². The van der Waals surface area contributed by atoms with Crippen molar-refractivity contribution in [3.8, 4) is 5.69 Å². The SMILES string of the molecule is Cc1c(C)n(-c2ccncc2)c2ncnc(Nc3ccncc3)c12. The largest absolute Gasteiger partial charge is 0.339 e. The number of fused-ring (bicyclic) bond motifs is 1. The molecular formula is C18H16N6. The fourth-order valence-electron chi connectivity index (χ4n) is 2.87. The molecule has 0 spiro atoms. The van der Waals surface area contributed by atoms with Crippen LogP contribution in [0.25, 0.3) is 16.7 Å². The first-order valence-electron chi connectivity index (χ1n) is 7.66. The van der Waals surface area contributed by atoms with Gasteiger partial charge in [0.1, 0.15) is 12.1 Å². The second kappa shape index (κ2) is 5.73. The van der Waals surface area contributed by atoms with E-state index in [0.717, 1.165) is 39.5 Å². The molecule has 0 amide bonds. The third-order valence-electron chi connectivity index (χ3n) is 4.16. The van der Waals surface area contributed by atoms with Crippen LogP contribution in [0.3, 0.4) is 0 Å². The Morgan fingerprint density at radius 3 is 2.25 bits per heavy atom. The summed E-state index contributed by atoms with van der Waals surface area (Å²) in [5.74, 6) is 0.791. The van der Waals surface area contributed by atoms with Crippen molar-refractivity contribution in [3.05, 3.63) is 66.6 Å². The number of nitrogens with zero attached hydrogens (tertiary/aromatic N) is 5. The van der Waals surface area contributed by atoms with Gasteiger partial charge < -0.3 is 5.32 Å². The normalized spacial score (nSPS) is 10.9. The number of hydrogen-bond donors (Lipinski definition) is 1. The van der Waals surface area contributed by atoms with Gasteiger partial charge in [-0.3, -0.25) is 14.5 Å². The summed E-state index contributed by atoms with van der Waals surface area (Å²) in [5, 5.41) is 4.38. The van der Waals surface area contributed by atoms with E-state index in [4.69, 9.17) is 0 Å². The lowest BCUT2D eigenvalue weighted by Crippen LogP contribution is -1.99. The van der Waals surface area contributed by atoms with E-state index in [9.17, 15) is 0 Å². The van der Waals surface area contributed by atoms with Crippen LogP contribution in [0.15, 0.2) is 55.4 Å². The maximum atomic E-state index is 4.52. The average Bonchev–Trinajstić information content (AvgIpc) is 2.88. The van der Waals surface area contributed by atoms with Gasteiger partial charge in [-0.1, -0.05) is 0 Å². The molecule has 0 fully saturated rings. The third kappa shape index (κ3) is 2.28. The highest BCUT2D eigenvalue weighted by atomic mass is 15.1. The van der Waals surface area contributed by atoms with Gasteiger partial charge in [0.15, 0.2) is 5.65 Å². The topological polar surface area (TPSA) is 68.5 Å². The van der Waals surface area contributed by atoms with E-state index in [2.05, 4.69) is 43.7 Å². The second-order valence-electron chi connectivity index (χ2n) is 5.53. The maximum Gasteiger partial charge on any atom is 0.150 e. The number of rotatable bonds is 3. The molecular weight excluding hydrogens is 300 g/mol.